The molecule has 222 valence electrons. The average molecular weight is 758 g/mol. The number of halogens is 6. The summed E-state index contributed by atoms with van der Waals surface area (Å²) in [6.45, 7) is 0. The zero-order valence-electron chi connectivity index (χ0n) is 20.8. The minimum atomic E-state index is -4.58. The summed E-state index contributed by atoms with van der Waals surface area (Å²) in [6, 6.07) is 19.5. The predicted molar refractivity (Wildman–Crippen MR) is 148 cm³/mol. The third-order valence-electron chi connectivity index (χ3n) is 5.43. The molecule has 4 aromatic carbocycles. The SMILES string of the molecule is O=S(=O)(Nc1ccc([Se][Se]c2ccc(NS(=O)(=O)c3ccc(C(F)(F)F)cc3)cc2)cc1)c1ccc(C(F)(F)F)cc1. The Morgan fingerprint density at radius 1 is 0.452 bits per heavy atom. The Hall–Kier alpha value is -3.00. The maximum atomic E-state index is 12.7. The monoisotopic (exact) mass is 760 g/mol. The van der Waals surface area contributed by atoms with Gasteiger partial charge in [0.15, 0.2) is 0 Å². The summed E-state index contributed by atoms with van der Waals surface area (Å²) in [5.41, 5.74) is -1.42. The molecule has 0 aliphatic heterocycles. The van der Waals surface area contributed by atoms with Crippen LogP contribution in [0.25, 0.3) is 0 Å². The van der Waals surface area contributed by atoms with Crippen LogP contribution in [-0.4, -0.2) is 43.1 Å². The number of nitrogens with one attached hydrogen (secondary N) is 2. The zero-order valence-corrected chi connectivity index (χ0v) is 25.8. The van der Waals surface area contributed by atoms with E-state index >= 15 is 0 Å². The van der Waals surface area contributed by atoms with Crippen LogP contribution in [0.2, 0.25) is 0 Å². The summed E-state index contributed by atoms with van der Waals surface area (Å²) >= 11 is -0.0296. The molecule has 0 atom stereocenters. The van der Waals surface area contributed by atoms with Crippen molar-refractivity contribution in [2.45, 2.75) is 22.1 Å². The van der Waals surface area contributed by atoms with Crippen molar-refractivity contribution in [3.8, 4) is 0 Å². The molecule has 0 fully saturated rings. The van der Waals surface area contributed by atoms with Crippen molar-refractivity contribution in [3.05, 3.63) is 108 Å². The second-order valence-corrected chi connectivity index (χ2v) is 18.1. The first-order valence-electron chi connectivity index (χ1n) is 11.5. The van der Waals surface area contributed by atoms with Crippen LogP contribution in [-0.2, 0) is 32.4 Å². The van der Waals surface area contributed by atoms with Crippen molar-refractivity contribution < 1.29 is 43.2 Å². The molecule has 0 spiro atoms. The molecule has 4 rings (SSSR count). The third-order valence-corrected chi connectivity index (χ3v) is 15.5. The Balaban J connectivity index is 1.32. The Kier molecular flexibility index (Phi) is 9.36. The molecule has 0 bridgehead atoms. The van der Waals surface area contributed by atoms with E-state index in [4.69, 9.17) is 0 Å². The van der Waals surface area contributed by atoms with Crippen LogP contribution >= 0.6 is 0 Å². The van der Waals surface area contributed by atoms with Crippen LogP contribution in [0, 0.1) is 0 Å². The molecule has 0 saturated carbocycles. The molecule has 0 unspecified atom stereocenters. The average Bonchev–Trinajstić information content (AvgIpc) is 2.92. The van der Waals surface area contributed by atoms with E-state index in [1.165, 1.54) is 0 Å². The fraction of sp³-hybridized carbons (Fsp3) is 0.0769. The molecule has 6 nitrogen and oxygen atoms in total. The number of rotatable bonds is 9. The standard InChI is InChI=1S/C26H18F6N2O4S2Se2/c27-25(28,29)17-1-9-21(10-2-17)39(35,36)33-19-5-13-23(14-6-19)41-42-24-15-7-20(8-16-24)34-40(37,38)22-11-3-18(4-12-22)26(30,31)32/h1-16,33-34H. The first kappa shape index (κ1) is 31.9. The fourth-order valence-corrected chi connectivity index (χ4v) is 11.4. The van der Waals surface area contributed by atoms with Crippen molar-refractivity contribution >= 4 is 66.6 Å². The van der Waals surface area contributed by atoms with Crippen LogP contribution in [0.4, 0.5) is 37.7 Å². The predicted octanol–water partition coefficient (Wildman–Crippen LogP) is 4.60. The molecular weight excluding hydrogens is 740 g/mol. The summed E-state index contributed by atoms with van der Waals surface area (Å²) in [5, 5.41) is 0. The summed E-state index contributed by atoms with van der Waals surface area (Å²) < 4.78 is 133. The van der Waals surface area contributed by atoms with Crippen LogP contribution in [0.3, 0.4) is 0 Å². The van der Waals surface area contributed by atoms with Gasteiger partial charge in [0.25, 0.3) is 0 Å². The molecule has 0 saturated heterocycles. The van der Waals surface area contributed by atoms with E-state index in [-0.39, 0.29) is 47.4 Å². The number of anilines is 2. The van der Waals surface area contributed by atoms with Crippen molar-refractivity contribution in [2.75, 3.05) is 9.44 Å². The van der Waals surface area contributed by atoms with Gasteiger partial charge < -0.3 is 0 Å². The van der Waals surface area contributed by atoms with Crippen molar-refractivity contribution in [1.82, 2.24) is 0 Å². The van der Waals surface area contributed by atoms with E-state index in [1.54, 1.807) is 48.5 Å². The van der Waals surface area contributed by atoms with Gasteiger partial charge in [-0.15, -0.1) is 0 Å². The van der Waals surface area contributed by atoms with Gasteiger partial charge in [-0.1, -0.05) is 0 Å². The quantitative estimate of drug-likeness (QED) is 0.193. The van der Waals surface area contributed by atoms with Gasteiger partial charge in [-0.2, -0.15) is 0 Å². The van der Waals surface area contributed by atoms with Crippen molar-refractivity contribution in [3.63, 3.8) is 0 Å². The van der Waals surface area contributed by atoms with Gasteiger partial charge in [-0.25, -0.2) is 0 Å². The fourth-order valence-electron chi connectivity index (χ4n) is 3.33. The Morgan fingerprint density at radius 3 is 1.00 bits per heavy atom. The molecule has 0 aliphatic carbocycles. The van der Waals surface area contributed by atoms with Gasteiger partial charge in [-0.3, -0.25) is 0 Å². The molecule has 42 heavy (non-hydrogen) atoms. The summed E-state index contributed by atoms with van der Waals surface area (Å²) in [5.74, 6) is 0. The number of sulfonamides is 2. The third kappa shape index (κ3) is 8.30. The van der Waals surface area contributed by atoms with E-state index in [2.05, 4.69) is 9.44 Å². The molecular formula is C26H18F6N2O4S2Se2. The zero-order chi connectivity index (χ0) is 30.8. The van der Waals surface area contributed by atoms with Crippen LogP contribution in [0.1, 0.15) is 11.1 Å². The first-order chi connectivity index (χ1) is 19.5. The topological polar surface area (TPSA) is 92.3 Å². The summed E-state index contributed by atoms with van der Waals surface area (Å²) in [6.07, 6.45) is -9.15. The molecule has 16 heteroatoms. The van der Waals surface area contributed by atoms with Gasteiger partial charge in [-0.05, 0) is 0 Å². The summed E-state index contributed by atoms with van der Waals surface area (Å²) in [4.78, 5) is -0.616. The second-order valence-electron chi connectivity index (χ2n) is 8.47. The Labute approximate surface area is 248 Å². The van der Waals surface area contributed by atoms with Crippen LogP contribution in [0.5, 0.6) is 0 Å². The van der Waals surface area contributed by atoms with Crippen molar-refractivity contribution in [2.24, 2.45) is 0 Å². The second kappa shape index (κ2) is 12.3. The van der Waals surface area contributed by atoms with E-state index in [0.29, 0.717) is 24.3 Å². The van der Waals surface area contributed by atoms with Gasteiger partial charge in [0.1, 0.15) is 0 Å². The number of alkyl halides is 6. The van der Waals surface area contributed by atoms with E-state index in [0.717, 1.165) is 33.2 Å². The van der Waals surface area contributed by atoms with Crippen molar-refractivity contribution in [1.29, 1.82) is 0 Å². The number of hydrogen-bond donors (Lipinski definition) is 2. The first-order valence-corrected chi connectivity index (χ1v) is 20.5. The van der Waals surface area contributed by atoms with Gasteiger partial charge in [0.2, 0.25) is 0 Å². The minimum absolute atomic E-state index is 0.0148. The van der Waals surface area contributed by atoms with E-state index < -0.39 is 43.5 Å². The van der Waals surface area contributed by atoms with E-state index in [1.807, 2.05) is 0 Å². The molecule has 0 aliphatic rings. The molecule has 2 N–H and O–H groups in total. The van der Waals surface area contributed by atoms with Crippen LogP contribution < -0.4 is 18.4 Å². The molecule has 0 radical (unpaired) electrons. The Morgan fingerprint density at radius 2 is 0.738 bits per heavy atom. The molecule has 0 aromatic heterocycles. The summed E-state index contributed by atoms with van der Waals surface area (Å²) in [7, 11) is -8.18. The molecule has 0 amide bonds. The molecule has 0 heterocycles. The molecule has 4 aromatic rings. The Bertz CT molecular complexity index is 1610. The normalized spacial score (nSPS) is 12.6. The number of benzene rings is 4. The van der Waals surface area contributed by atoms with Crippen LogP contribution in [0.15, 0.2) is 107 Å². The van der Waals surface area contributed by atoms with Gasteiger partial charge >= 0.3 is 250 Å². The van der Waals surface area contributed by atoms with Gasteiger partial charge in [0.05, 0.1) is 0 Å². The maximum absolute atomic E-state index is 12.7. The van der Waals surface area contributed by atoms with E-state index in [9.17, 15) is 43.2 Å². The number of hydrogen-bond acceptors (Lipinski definition) is 4. The van der Waals surface area contributed by atoms with Gasteiger partial charge in [0, 0.05) is 0 Å².